The van der Waals surface area contributed by atoms with Gasteiger partial charge in [-0.25, -0.2) is 13.1 Å². The molecule has 2 aromatic rings. The molecule has 0 saturated heterocycles. The standard InChI is InChI=1S/C18H21F2NO2S/c1-12-9-14(3)17(15(4)10-12)24(22,23)21-11-18(19,20)16-8-6-5-7-13(16)2/h5-10,21H,11H2,1-4H3. The highest BCUT2D eigenvalue weighted by Gasteiger charge is 2.35. The second-order valence-electron chi connectivity index (χ2n) is 6.07. The fourth-order valence-electron chi connectivity index (χ4n) is 2.93. The van der Waals surface area contributed by atoms with Crippen molar-refractivity contribution >= 4 is 10.0 Å². The van der Waals surface area contributed by atoms with Crippen LogP contribution in [0.4, 0.5) is 8.78 Å². The summed E-state index contributed by atoms with van der Waals surface area (Å²) in [6, 6.07) is 9.51. The highest BCUT2D eigenvalue weighted by atomic mass is 32.2. The predicted octanol–water partition coefficient (Wildman–Crippen LogP) is 3.99. The number of rotatable bonds is 5. The first-order chi connectivity index (χ1) is 11.0. The van der Waals surface area contributed by atoms with Crippen LogP contribution >= 0.6 is 0 Å². The zero-order valence-corrected chi connectivity index (χ0v) is 15.0. The van der Waals surface area contributed by atoms with Crippen molar-refractivity contribution in [3.8, 4) is 0 Å². The van der Waals surface area contributed by atoms with Gasteiger partial charge in [-0.2, -0.15) is 8.78 Å². The Morgan fingerprint density at radius 1 is 0.958 bits per heavy atom. The highest BCUT2D eigenvalue weighted by Crippen LogP contribution is 2.30. The largest absolute Gasteiger partial charge is 0.286 e. The van der Waals surface area contributed by atoms with Gasteiger partial charge in [0, 0.05) is 5.56 Å². The summed E-state index contributed by atoms with van der Waals surface area (Å²) >= 11 is 0. The molecule has 2 rings (SSSR count). The number of alkyl halides is 2. The maximum atomic E-state index is 14.4. The topological polar surface area (TPSA) is 46.2 Å². The van der Waals surface area contributed by atoms with E-state index >= 15 is 0 Å². The van der Waals surface area contributed by atoms with Crippen LogP contribution < -0.4 is 4.72 Å². The Labute approximate surface area is 141 Å². The van der Waals surface area contributed by atoms with Crippen molar-refractivity contribution in [3.63, 3.8) is 0 Å². The summed E-state index contributed by atoms with van der Waals surface area (Å²) in [5.41, 5.74) is 2.25. The van der Waals surface area contributed by atoms with Gasteiger partial charge in [-0.05, 0) is 44.4 Å². The molecule has 0 fully saturated rings. The van der Waals surface area contributed by atoms with E-state index in [4.69, 9.17) is 0 Å². The maximum Gasteiger partial charge on any atom is 0.286 e. The Bertz CT molecular complexity index is 838. The van der Waals surface area contributed by atoms with Gasteiger partial charge in [-0.1, -0.05) is 42.0 Å². The van der Waals surface area contributed by atoms with Gasteiger partial charge in [0.25, 0.3) is 5.92 Å². The molecule has 0 unspecified atom stereocenters. The van der Waals surface area contributed by atoms with Gasteiger partial charge >= 0.3 is 0 Å². The molecule has 24 heavy (non-hydrogen) atoms. The normalized spacial score (nSPS) is 12.4. The lowest BCUT2D eigenvalue weighted by atomic mass is 10.0. The van der Waals surface area contributed by atoms with Crippen LogP contribution in [0, 0.1) is 27.7 Å². The van der Waals surface area contributed by atoms with Crippen molar-refractivity contribution in [2.24, 2.45) is 0 Å². The summed E-state index contributed by atoms with van der Waals surface area (Å²) in [7, 11) is -4.02. The summed E-state index contributed by atoms with van der Waals surface area (Å²) in [6.07, 6.45) is 0. The van der Waals surface area contributed by atoms with Crippen LogP contribution in [-0.4, -0.2) is 15.0 Å². The molecule has 0 atom stereocenters. The van der Waals surface area contributed by atoms with Gasteiger partial charge in [0.1, 0.15) is 0 Å². The van der Waals surface area contributed by atoms with Crippen LogP contribution in [0.2, 0.25) is 0 Å². The van der Waals surface area contributed by atoms with Gasteiger partial charge in [0.2, 0.25) is 10.0 Å². The van der Waals surface area contributed by atoms with Crippen molar-refractivity contribution in [1.82, 2.24) is 4.72 Å². The Morgan fingerprint density at radius 3 is 2.04 bits per heavy atom. The Morgan fingerprint density at radius 2 is 1.50 bits per heavy atom. The van der Waals surface area contributed by atoms with Crippen molar-refractivity contribution < 1.29 is 17.2 Å². The van der Waals surface area contributed by atoms with Crippen LogP contribution in [0.3, 0.4) is 0 Å². The molecule has 0 aliphatic carbocycles. The smallest absolute Gasteiger partial charge is 0.207 e. The average molecular weight is 353 g/mol. The SMILES string of the molecule is Cc1cc(C)c(S(=O)(=O)NCC(F)(F)c2ccccc2C)c(C)c1. The third-order valence-corrected chi connectivity index (χ3v) is 5.60. The van der Waals surface area contributed by atoms with E-state index in [1.165, 1.54) is 12.1 Å². The Balaban J connectivity index is 2.30. The Kier molecular flexibility index (Phi) is 5.11. The fraction of sp³-hybridized carbons (Fsp3) is 0.333. The lowest BCUT2D eigenvalue weighted by Crippen LogP contribution is -2.36. The summed E-state index contributed by atoms with van der Waals surface area (Å²) in [5.74, 6) is -3.29. The zero-order chi connectivity index (χ0) is 18.1. The first kappa shape index (κ1) is 18.5. The molecule has 0 heterocycles. The summed E-state index contributed by atoms with van der Waals surface area (Å²) in [6.45, 7) is 5.78. The van der Waals surface area contributed by atoms with Crippen LogP contribution in [0.25, 0.3) is 0 Å². The van der Waals surface area contributed by atoms with E-state index in [1.807, 2.05) is 6.92 Å². The maximum absolute atomic E-state index is 14.4. The van der Waals surface area contributed by atoms with E-state index in [0.29, 0.717) is 16.7 Å². The van der Waals surface area contributed by atoms with Crippen LogP contribution in [0.5, 0.6) is 0 Å². The quantitative estimate of drug-likeness (QED) is 0.883. The van der Waals surface area contributed by atoms with E-state index in [0.717, 1.165) is 5.56 Å². The second-order valence-corrected chi connectivity index (χ2v) is 7.78. The minimum atomic E-state index is -4.02. The van der Waals surface area contributed by atoms with Gasteiger partial charge < -0.3 is 0 Å². The number of sulfonamides is 1. The Hall–Kier alpha value is -1.79. The van der Waals surface area contributed by atoms with Crippen molar-refractivity contribution in [2.45, 2.75) is 38.5 Å². The lowest BCUT2D eigenvalue weighted by molar-refractivity contribution is 0.00147. The summed E-state index contributed by atoms with van der Waals surface area (Å²) in [5, 5.41) is 0. The molecular weight excluding hydrogens is 332 g/mol. The molecule has 6 heteroatoms. The van der Waals surface area contributed by atoms with Crippen molar-refractivity contribution in [3.05, 3.63) is 64.2 Å². The van der Waals surface area contributed by atoms with Crippen LogP contribution in [0.15, 0.2) is 41.3 Å². The molecule has 3 nitrogen and oxygen atoms in total. The van der Waals surface area contributed by atoms with E-state index < -0.39 is 22.5 Å². The minimum Gasteiger partial charge on any atom is -0.207 e. The average Bonchev–Trinajstić information content (AvgIpc) is 2.44. The molecule has 130 valence electrons. The van der Waals surface area contributed by atoms with E-state index in [-0.39, 0.29) is 10.5 Å². The molecular formula is C18H21F2NO2S. The van der Waals surface area contributed by atoms with Crippen LogP contribution in [0.1, 0.15) is 27.8 Å². The third-order valence-electron chi connectivity index (χ3n) is 3.90. The highest BCUT2D eigenvalue weighted by molar-refractivity contribution is 7.89. The van der Waals surface area contributed by atoms with Gasteiger partial charge in [0.05, 0.1) is 11.4 Å². The molecule has 2 aromatic carbocycles. The number of hydrogen-bond acceptors (Lipinski definition) is 2. The number of benzene rings is 2. The number of hydrogen-bond donors (Lipinski definition) is 1. The molecule has 0 amide bonds. The van der Waals surface area contributed by atoms with Gasteiger partial charge in [-0.3, -0.25) is 0 Å². The molecule has 1 N–H and O–H groups in total. The number of halogens is 2. The van der Waals surface area contributed by atoms with Gasteiger partial charge in [0.15, 0.2) is 0 Å². The molecule has 0 saturated carbocycles. The molecule has 0 aliphatic rings. The number of nitrogens with one attached hydrogen (secondary N) is 1. The van der Waals surface area contributed by atoms with Crippen molar-refractivity contribution in [1.29, 1.82) is 0 Å². The molecule has 0 spiro atoms. The molecule has 0 aromatic heterocycles. The lowest BCUT2D eigenvalue weighted by Gasteiger charge is -2.20. The molecule has 0 radical (unpaired) electrons. The van der Waals surface area contributed by atoms with Crippen molar-refractivity contribution in [2.75, 3.05) is 6.54 Å². The minimum absolute atomic E-state index is 0.0636. The van der Waals surface area contributed by atoms with Crippen LogP contribution in [-0.2, 0) is 15.9 Å². The van der Waals surface area contributed by atoms with E-state index in [2.05, 4.69) is 4.72 Å². The van der Waals surface area contributed by atoms with E-state index in [9.17, 15) is 17.2 Å². The van der Waals surface area contributed by atoms with E-state index in [1.54, 1.807) is 45.0 Å². The first-order valence-electron chi connectivity index (χ1n) is 7.56. The van der Waals surface area contributed by atoms with Gasteiger partial charge in [-0.15, -0.1) is 0 Å². The monoisotopic (exact) mass is 353 g/mol. The summed E-state index contributed by atoms with van der Waals surface area (Å²) < 4.78 is 55.9. The third kappa shape index (κ3) is 3.82. The summed E-state index contributed by atoms with van der Waals surface area (Å²) in [4.78, 5) is 0.0636. The second kappa shape index (κ2) is 6.61. The molecule has 0 bridgehead atoms. The fourth-order valence-corrected chi connectivity index (χ4v) is 4.41. The number of aryl methyl sites for hydroxylation is 4. The molecule has 0 aliphatic heterocycles. The predicted molar refractivity (Wildman–Crippen MR) is 90.9 cm³/mol. The first-order valence-corrected chi connectivity index (χ1v) is 9.04. The zero-order valence-electron chi connectivity index (χ0n) is 14.2.